The van der Waals surface area contributed by atoms with Gasteiger partial charge >= 0.3 is 0 Å². The lowest BCUT2D eigenvalue weighted by Crippen LogP contribution is -2.14. The van der Waals surface area contributed by atoms with Gasteiger partial charge in [-0.05, 0) is 12.1 Å². The largest absolute Gasteiger partial charge is 0.394 e. The topological polar surface area (TPSA) is 71.2 Å². The summed E-state index contributed by atoms with van der Waals surface area (Å²) >= 11 is 1.32. The summed E-state index contributed by atoms with van der Waals surface area (Å²) in [6, 6.07) is 9.67. The summed E-state index contributed by atoms with van der Waals surface area (Å²) in [6.07, 6.45) is 0.895. The quantitative estimate of drug-likeness (QED) is 0.766. The van der Waals surface area contributed by atoms with Crippen LogP contribution in [0.1, 0.15) is 0 Å². The average Bonchev–Trinajstić information content (AvgIpc) is 2.86. The van der Waals surface area contributed by atoms with Crippen LogP contribution in [0.25, 0.3) is 5.69 Å². The van der Waals surface area contributed by atoms with Crippen molar-refractivity contribution in [2.24, 2.45) is 0 Å². The summed E-state index contributed by atoms with van der Waals surface area (Å²) in [7, 11) is 0. The standard InChI is InChI=1S/C11H13N3O2S/c15-6-10(16)7-17-11-12-8-14(13-11)9-4-2-1-3-5-9/h1-5,8,10,15-16H,6-7H2/t10-/m0/s1. The zero-order valence-corrected chi connectivity index (χ0v) is 9.92. The van der Waals surface area contributed by atoms with E-state index in [1.165, 1.54) is 11.8 Å². The Morgan fingerprint density at radius 2 is 2.06 bits per heavy atom. The Kier molecular flexibility index (Phi) is 4.13. The van der Waals surface area contributed by atoms with Crippen LogP contribution in [0.4, 0.5) is 0 Å². The Hall–Kier alpha value is -1.37. The van der Waals surface area contributed by atoms with Crippen molar-refractivity contribution in [3.05, 3.63) is 36.7 Å². The Balaban J connectivity index is 2.01. The number of aromatic nitrogens is 3. The van der Waals surface area contributed by atoms with Gasteiger partial charge in [-0.2, -0.15) is 0 Å². The summed E-state index contributed by atoms with van der Waals surface area (Å²) in [5.74, 6) is 0.384. The van der Waals surface area contributed by atoms with Crippen molar-refractivity contribution in [1.82, 2.24) is 14.8 Å². The molecule has 1 atom stereocenters. The number of aliphatic hydroxyl groups excluding tert-OH is 2. The van der Waals surface area contributed by atoms with E-state index in [2.05, 4.69) is 10.1 Å². The number of hydrogen-bond acceptors (Lipinski definition) is 5. The predicted octanol–water partition coefficient (Wildman–Crippen LogP) is 0.713. The van der Waals surface area contributed by atoms with Gasteiger partial charge in [-0.3, -0.25) is 0 Å². The highest BCUT2D eigenvalue weighted by Crippen LogP contribution is 2.14. The van der Waals surface area contributed by atoms with Gasteiger partial charge in [-0.1, -0.05) is 30.0 Å². The summed E-state index contributed by atoms with van der Waals surface area (Å²) in [4.78, 5) is 4.12. The third-order valence-corrected chi connectivity index (χ3v) is 3.10. The lowest BCUT2D eigenvalue weighted by molar-refractivity contribution is 0.113. The minimum Gasteiger partial charge on any atom is -0.394 e. The number of aliphatic hydroxyl groups is 2. The van der Waals surface area contributed by atoms with Gasteiger partial charge in [-0.15, -0.1) is 5.10 Å². The molecule has 5 nitrogen and oxygen atoms in total. The molecule has 2 rings (SSSR count). The third-order valence-electron chi connectivity index (χ3n) is 2.11. The second kappa shape index (κ2) is 5.81. The second-order valence-electron chi connectivity index (χ2n) is 3.45. The first-order valence-corrected chi connectivity index (χ1v) is 6.17. The molecule has 1 heterocycles. The fraction of sp³-hybridized carbons (Fsp3) is 0.273. The molecule has 0 unspecified atom stereocenters. The van der Waals surface area contributed by atoms with Crippen molar-refractivity contribution in [2.45, 2.75) is 11.3 Å². The minimum absolute atomic E-state index is 0.244. The van der Waals surface area contributed by atoms with Crippen LogP contribution >= 0.6 is 11.8 Å². The molecule has 0 saturated heterocycles. The molecule has 90 valence electrons. The molecule has 0 fully saturated rings. The fourth-order valence-corrected chi connectivity index (χ4v) is 1.96. The van der Waals surface area contributed by atoms with E-state index in [9.17, 15) is 5.11 Å². The molecule has 2 aromatic rings. The molecule has 0 aliphatic heterocycles. The SMILES string of the molecule is OC[C@H](O)CSc1ncn(-c2ccccc2)n1. The van der Waals surface area contributed by atoms with Crippen molar-refractivity contribution in [3.8, 4) is 5.69 Å². The van der Waals surface area contributed by atoms with Gasteiger partial charge in [-0.25, -0.2) is 9.67 Å². The van der Waals surface area contributed by atoms with Crippen LogP contribution in [0.5, 0.6) is 0 Å². The van der Waals surface area contributed by atoms with Crippen LogP contribution in [0.15, 0.2) is 41.8 Å². The first-order chi connectivity index (χ1) is 8.29. The summed E-state index contributed by atoms with van der Waals surface area (Å²) in [5.41, 5.74) is 0.939. The van der Waals surface area contributed by atoms with E-state index in [-0.39, 0.29) is 6.61 Å². The second-order valence-corrected chi connectivity index (χ2v) is 4.44. The lowest BCUT2D eigenvalue weighted by atomic mass is 10.3. The highest BCUT2D eigenvalue weighted by Gasteiger charge is 2.07. The number of rotatable bonds is 5. The van der Waals surface area contributed by atoms with Crippen molar-refractivity contribution >= 4 is 11.8 Å². The van der Waals surface area contributed by atoms with E-state index in [4.69, 9.17) is 5.11 Å². The normalized spacial score (nSPS) is 12.6. The highest BCUT2D eigenvalue weighted by atomic mass is 32.2. The van der Waals surface area contributed by atoms with Crippen LogP contribution in [0.2, 0.25) is 0 Å². The number of benzene rings is 1. The molecule has 0 aliphatic carbocycles. The molecule has 0 radical (unpaired) electrons. The first-order valence-electron chi connectivity index (χ1n) is 5.18. The smallest absolute Gasteiger partial charge is 0.208 e. The van der Waals surface area contributed by atoms with E-state index in [0.29, 0.717) is 10.9 Å². The van der Waals surface area contributed by atoms with Gasteiger partial charge in [0.1, 0.15) is 6.33 Å². The average molecular weight is 251 g/mol. The van der Waals surface area contributed by atoms with Crippen molar-refractivity contribution in [1.29, 1.82) is 0 Å². The third kappa shape index (κ3) is 3.29. The highest BCUT2D eigenvalue weighted by molar-refractivity contribution is 7.99. The van der Waals surface area contributed by atoms with Crippen molar-refractivity contribution in [3.63, 3.8) is 0 Å². The first kappa shape index (κ1) is 12.1. The summed E-state index contributed by atoms with van der Waals surface area (Å²) < 4.78 is 1.67. The van der Waals surface area contributed by atoms with E-state index >= 15 is 0 Å². The monoisotopic (exact) mass is 251 g/mol. The van der Waals surface area contributed by atoms with E-state index in [1.54, 1.807) is 11.0 Å². The Morgan fingerprint density at radius 1 is 1.29 bits per heavy atom. The zero-order chi connectivity index (χ0) is 12.1. The maximum Gasteiger partial charge on any atom is 0.208 e. The number of para-hydroxylation sites is 1. The van der Waals surface area contributed by atoms with Gasteiger partial charge in [0.2, 0.25) is 5.16 Å². The molecule has 0 bridgehead atoms. The molecule has 6 heteroatoms. The molecule has 0 spiro atoms. The lowest BCUT2D eigenvalue weighted by Gasteiger charge is -2.03. The molecular weight excluding hydrogens is 238 g/mol. The molecule has 0 amide bonds. The van der Waals surface area contributed by atoms with Crippen LogP contribution in [0, 0.1) is 0 Å². The summed E-state index contributed by atoms with van der Waals surface area (Å²) in [6.45, 7) is -0.244. The Labute approximate surface area is 103 Å². The molecule has 1 aromatic carbocycles. The van der Waals surface area contributed by atoms with Crippen molar-refractivity contribution in [2.75, 3.05) is 12.4 Å². The Bertz CT molecular complexity index is 461. The van der Waals surface area contributed by atoms with Crippen molar-refractivity contribution < 1.29 is 10.2 Å². The Morgan fingerprint density at radius 3 is 2.76 bits per heavy atom. The summed E-state index contributed by atoms with van der Waals surface area (Å²) in [5, 5.41) is 22.7. The molecule has 0 saturated carbocycles. The van der Waals surface area contributed by atoms with Crippen LogP contribution in [-0.4, -0.2) is 43.4 Å². The number of thioether (sulfide) groups is 1. The maximum absolute atomic E-state index is 9.21. The molecule has 1 aromatic heterocycles. The van der Waals surface area contributed by atoms with Gasteiger partial charge in [0, 0.05) is 5.75 Å². The van der Waals surface area contributed by atoms with Gasteiger partial charge in [0.25, 0.3) is 0 Å². The zero-order valence-electron chi connectivity index (χ0n) is 9.10. The van der Waals surface area contributed by atoms with E-state index < -0.39 is 6.10 Å². The van der Waals surface area contributed by atoms with E-state index in [0.717, 1.165) is 5.69 Å². The molecule has 0 aliphatic rings. The van der Waals surface area contributed by atoms with E-state index in [1.807, 2.05) is 30.3 Å². The van der Waals surface area contributed by atoms with Crippen LogP contribution in [0.3, 0.4) is 0 Å². The van der Waals surface area contributed by atoms with Crippen LogP contribution < -0.4 is 0 Å². The predicted molar refractivity (Wildman–Crippen MR) is 65.2 cm³/mol. The number of hydrogen-bond donors (Lipinski definition) is 2. The molecule has 17 heavy (non-hydrogen) atoms. The van der Waals surface area contributed by atoms with Gasteiger partial charge in [0.15, 0.2) is 0 Å². The van der Waals surface area contributed by atoms with Crippen LogP contribution in [-0.2, 0) is 0 Å². The minimum atomic E-state index is -0.733. The van der Waals surface area contributed by atoms with Gasteiger partial charge < -0.3 is 10.2 Å². The maximum atomic E-state index is 9.21. The van der Waals surface area contributed by atoms with Gasteiger partial charge in [0.05, 0.1) is 18.4 Å². The molecular formula is C11H13N3O2S. The molecule has 2 N–H and O–H groups in total. The number of nitrogens with zero attached hydrogens (tertiary/aromatic N) is 3. The fourth-order valence-electron chi connectivity index (χ4n) is 1.24.